The summed E-state index contributed by atoms with van der Waals surface area (Å²) in [4.78, 5) is 16.6. The molecular formula is C17H28N2O4. The lowest BCUT2D eigenvalue weighted by molar-refractivity contribution is -0.136. The van der Waals surface area contributed by atoms with Crippen LogP contribution in [-0.4, -0.2) is 43.4 Å². The predicted molar refractivity (Wildman–Crippen MR) is 89.9 cm³/mol. The maximum Gasteiger partial charge on any atom is 0.256 e. The number of nitrogens with zero attached hydrogens (tertiary/aromatic N) is 1. The third kappa shape index (κ3) is 5.80. The third-order valence-corrected chi connectivity index (χ3v) is 3.62. The number of hydrogen-bond donors (Lipinski definition) is 1. The molecule has 1 heterocycles. The molecule has 0 bridgehead atoms. The molecule has 0 aromatic carbocycles. The van der Waals surface area contributed by atoms with E-state index in [9.17, 15) is 4.79 Å². The summed E-state index contributed by atoms with van der Waals surface area (Å²) in [6, 6.07) is 1.84. The molecule has 0 spiro atoms. The van der Waals surface area contributed by atoms with Gasteiger partial charge in [0.25, 0.3) is 5.91 Å². The fraction of sp³-hybridized carbons (Fsp3) is 0.647. The highest BCUT2D eigenvalue weighted by atomic mass is 16.5. The SMILES string of the molecule is CCCC(C)(OC)C(=O)Nc1cnc(OCCOCC)c(C)c1. The lowest BCUT2D eigenvalue weighted by Crippen LogP contribution is -2.41. The zero-order valence-corrected chi connectivity index (χ0v) is 14.8. The molecular weight excluding hydrogens is 296 g/mol. The number of aromatic nitrogens is 1. The number of nitrogens with one attached hydrogen (secondary N) is 1. The molecule has 0 aliphatic rings. The highest BCUT2D eigenvalue weighted by Gasteiger charge is 2.32. The highest BCUT2D eigenvalue weighted by Crippen LogP contribution is 2.22. The molecule has 0 aliphatic carbocycles. The molecule has 0 radical (unpaired) electrons. The summed E-state index contributed by atoms with van der Waals surface area (Å²) < 4.78 is 16.1. The molecule has 23 heavy (non-hydrogen) atoms. The molecule has 1 unspecified atom stereocenters. The van der Waals surface area contributed by atoms with E-state index in [1.165, 1.54) is 0 Å². The van der Waals surface area contributed by atoms with E-state index >= 15 is 0 Å². The average molecular weight is 324 g/mol. The molecule has 1 amide bonds. The Morgan fingerprint density at radius 1 is 1.35 bits per heavy atom. The first-order chi connectivity index (χ1) is 11.0. The first-order valence-electron chi connectivity index (χ1n) is 8.00. The van der Waals surface area contributed by atoms with Crippen molar-refractivity contribution >= 4 is 11.6 Å². The Labute approximate surface area is 138 Å². The molecule has 0 fully saturated rings. The normalized spacial score (nSPS) is 13.4. The Morgan fingerprint density at radius 2 is 2.09 bits per heavy atom. The van der Waals surface area contributed by atoms with Crippen molar-refractivity contribution in [3.8, 4) is 5.88 Å². The molecule has 1 N–H and O–H groups in total. The summed E-state index contributed by atoms with van der Waals surface area (Å²) >= 11 is 0. The van der Waals surface area contributed by atoms with Crippen molar-refractivity contribution in [1.29, 1.82) is 0 Å². The third-order valence-electron chi connectivity index (χ3n) is 3.62. The van der Waals surface area contributed by atoms with Crippen LogP contribution in [0, 0.1) is 6.92 Å². The minimum Gasteiger partial charge on any atom is -0.475 e. The molecule has 0 aliphatic heterocycles. The quantitative estimate of drug-likeness (QED) is 0.670. The number of carbonyl (C=O) groups excluding carboxylic acids is 1. The molecule has 1 aromatic rings. The average Bonchev–Trinajstić information content (AvgIpc) is 2.53. The summed E-state index contributed by atoms with van der Waals surface area (Å²) in [6.07, 6.45) is 3.10. The lowest BCUT2D eigenvalue weighted by Gasteiger charge is -2.26. The Balaban J connectivity index is 2.68. The highest BCUT2D eigenvalue weighted by molar-refractivity contribution is 5.97. The van der Waals surface area contributed by atoms with Gasteiger partial charge >= 0.3 is 0 Å². The number of methoxy groups -OCH3 is 1. The predicted octanol–water partition coefficient (Wildman–Crippen LogP) is 2.95. The van der Waals surface area contributed by atoms with Crippen molar-refractivity contribution in [2.45, 2.75) is 46.1 Å². The van der Waals surface area contributed by atoms with Gasteiger partial charge in [0, 0.05) is 19.3 Å². The molecule has 6 nitrogen and oxygen atoms in total. The number of carbonyl (C=O) groups is 1. The number of rotatable bonds is 10. The van der Waals surface area contributed by atoms with E-state index in [2.05, 4.69) is 10.3 Å². The summed E-state index contributed by atoms with van der Waals surface area (Å²) in [6.45, 7) is 9.28. The summed E-state index contributed by atoms with van der Waals surface area (Å²) in [7, 11) is 1.55. The van der Waals surface area contributed by atoms with E-state index in [-0.39, 0.29) is 5.91 Å². The standard InChI is InChI=1S/C17H28N2O4/c1-6-8-17(4,21-5)16(20)19-14-11-13(3)15(18-12-14)23-10-9-22-7-2/h11-12H,6-10H2,1-5H3,(H,19,20). The van der Waals surface area contributed by atoms with E-state index in [0.717, 1.165) is 12.0 Å². The van der Waals surface area contributed by atoms with Crippen molar-refractivity contribution in [2.24, 2.45) is 0 Å². The first kappa shape index (κ1) is 19.4. The fourth-order valence-electron chi connectivity index (χ4n) is 2.17. The molecule has 0 saturated heterocycles. The second kappa shape index (κ2) is 9.47. The topological polar surface area (TPSA) is 69.7 Å². The van der Waals surface area contributed by atoms with E-state index in [0.29, 0.717) is 37.8 Å². The number of hydrogen-bond acceptors (Lipinski definition) is 5. The number of aryl methyl sites for hydroxylation is 1. The van der Waals surface area contributed by atoms with Gasteiger partial charge < -0.3 is 19.5 Å². The van der Waals surface area contributed by atoms with Crippen LogP contribution in [-0.2, 0) is 14.3 Å². The van der Waals surface area contributed by atoms with Crippen LogP contribution in [0.25, 0.3) is 0 Å². The molecule has 130 valence electrons. The van der Waals surface area contributed by atoms with Gasteiger partial charge in [0.15, 0.2) is 0 Å². The minimum atomic E-state index is -0.838. The van der Waals surface area contributed by atoms with Gasteiger partial charge in [-0.1, -0.05) is 13.3 Å². The second-order valence-electron chi connectivity index (χ2n) is 5.53. The van der Waals surface area contributed by atoms with Gasteiger partial charge in [0.05, 0.1) is 18.5 Å². The number of amides is 1. The van der Waals surface area contributed by atoms with Crippen LogP contribution in [0.15, 0.2) is 12.3 Å². The van der Waals surface area contributed by atoms with Crippen LogP contribution in [0.3, 0.4) is 0 Å². The van der Waals surface area contributed by atoms with Crippen LogP contribution in [0.4, 0.5) is 5.69 Å². The minimum absolute atomic E-state index is 0.173. The maximum absolute atomic E-state index is 12.4. The van der Waals surface area contributed by atoms with Crippen molar-refractivity contribution in [3.05, 3.63) is 17.8 Å². The van der Waals surface area contributed by atoms with Gasteiger partial charge in [0.2, 0.25) is 5.88 Å². The summed E-state index contributed by atoms with van der Waals surface area (Å²) in [5.41, 5.74) is 0.646. The fourth-order valence-corrected chi connectivity index (χ4v) is 2.17. The van der Waals surface area contributed by atoms with E-state index in [4.69, 9.17) is 14.2 Å². The van der Waals surface area contributed by atoms with Gasteiger partial charge in [0.1, 0.15) is 12.2 Å². The van der Waals surface area contributed by atoms with Crippen molar-refractivity contribution in [2.75, 3.05) is 32.2 Å². The second-order valence-corrected chi connectivity index (χ2v) is 5.53. The monoisotopic (exact) mass is 324 g/mol. The van der Waals surface area contributed by atoms with Crippen molar-refractivity contribution in [1.82, 2.24) is 4.98 Å². The van der Waals surface area contributed by atoms with Gasteiger partial charge in [-0.2, -0.15) is 0 Å². The number of anilines is 1. The van der Waals surface area contributed by atoms with Crippen LogP contribution < -0.4 is 10.1 Å². The maximum atomic E-state index is 12.4. The van der Waals surface area contributed by atoms with E-state index in [1.807, 2.05) is 26.8 Å². The Kier molecular flexibility index (Phi) is 7.98. The molecule has 1 atom stereocenters. The molecule has 1 rings (SSSR count). The van der Waals surface area contributed by atoms with Crippen molar-refractivity contribution in [3.63, 3.8) is 0 Å². The van der Waals surface area contributed by atoms with E-state index in [1.54, 1.807) is 20.2 Å². The smallest absolute Gasteiger partial charge is 0.256 e. The molecule has 6 heteroatoms. The number of ether oxygens (including phenoxy) is 3. The van der Waals surface area contributed by atoms with Crippen molar-refractivity contribution < 1.29 is 19.0 Å². The largest absolute Gasteiger partial charge is 0.475 e. The van der Waals surface area contributed by atoms with Crippen LogP contribution in [0.2, 0.25) is 0 Å². The van der Waals surface area contributed by atoms with Gasteiger partial charge in [-0.25, -0.2) is 4.98 Å². The Bertz CT molecular complexity index is 507. The Morgan fingerprint density at radius 3 is 2.65 bits per heavy atom. The number of pyridine rings is 1. The van der Waals surface area contributed by atoms with Crippen LogP contribution in [0.5, 0.6) is 5.88 Å². The van der Waals surface area contributed by atoms with E-state index < -0.39 is 5.60 Å². The zero-order chi connectivity index (χ0) is 17.3. The summed E-state index contributed by atoms with van der Waals surface area (Å²) in [5.74, 6) is 0.374. The van der Waals surface area contributed by atoms with Crippen LogP contribution in [0.1, 0.15) is 39.2 Å². The molecule has 0 saturated carbocycles. The van der Waals surface area contributed by atoms with Gasteiger partial charge in [-0.15, -0.1) is 0 Å². The van der Waals surface area contributed by atoms with Crippen LogP contribution >= 0.6 is 0 Å². The molecule has 1 aromatic heterocycles. The first-order valence-corrected chi connectivity index (χ1v) is 8.00. The Hall–Kier alpha value is -1.66. The summed E-state index contributed by atoms with van der Waals surface area (Å²) in [5, 5.41) is 2.86. The van der Waals surface area contributed by atoms with Gasteiger partial charge in [-0.05, 0) is 33.3 Å². The van der Waals surface area contributed by atoms with Gasteiger partial charge in [-0.3, -0.25) is 4.79 Å². The zero-order valence-electron chi connectivity index (χ0n) is 14.8. The lowest BCUT2D eigenvalue weighted by atomic mass is 9.99.